The Labute approximate surface area is 160 Å². The number of rotatable bonds is 4. The van der Waals surface area contributed by atoms with Crippen LogP contribution < -0.4 is 4.90 Å². The standard InChI is InChI=1S/C21H19F3N2S/c1-14-19(11-13-26-12-10-15-4-2-3-5-18(15)26)27-20(25-14)16-6-8-17(9-7-16)21(22,23)24/h2-9H,10-13H2,1H3. The van der Waals surface area contributed by atoms with Crippen molar-refractivity contribution in [2.24, 2.45) is 0 Å². The van der Waals surface area contributed by atoms with Crippen LogP contribution in [0.5, 0.6) is 0 Å². The molecule has 0 unspecified atom stereocenters. The van der Waals surface area contributed by atoms with Crippen LogP contribution in [0.3, 0.4) is 0 Å². The lowest BCUT2D eigenvalue weighted by Gasteiger charge is -2.18. The van der Waals surface area contributed by atoms with Gasteiger partial charge in [0, 0.05) is 35.6 Å². The van der Waals surface area contributed by atoms with Crippen LogP contribution in [0.2, 0.25) is 0 Å². The van der Waals surface area contributed by atoms with Crippen molar-refractivity contribution in [3.8, 4) is 10.6 Å². The van der Waals surface area contributed by atoms with Crippen molar-refractivity contribution in [1.29, 1.82) is 0 Å². The molecule has 2 heterocycles. The molecule has 1 aliphatic heterocycles. The predicted octanol–water partition coefficient (Wildman–Crippen LogP) is 5.74. The topological polar surface area (TPSA) is 16.1 Å². The molecule has 1 aliphatic rings. The largest absolute Gasteiger partial charge is 0.416 e. The van der Waals surface area contributed by atoms with Gasteiger partial charge in [0.05, 0.1) is 11.3 Å². The minimum Gasteiger partial charge on any atom is -0.371 e. The first-order chi connectivity index (χ1) is 12.9. The summed E-state index contributed by atoms with van der Waals surface area (Å²) in [5.74, 6) is 0. The number of thiazole rings is 1. The van der Waals surface area contributed by atoms with Crippen LogP contribution in [-0.4, -0.2) is 18.1 Å². The van der Waals surface area contributed by atoms with Crippen LogP contribution in [0.25, 0.3) is 10.6 Å². The first-order valence-corrected chi connectivity index (χ1v) is 9.70. The smallest absolute Gasteiger partial charge is 0.371 e. The van der Waals surface area contributed by atoms with Crippen LogP contribution in [0.15, 0.2) is 48.5 Å². The summed E-state index contributed by atoms with van der Waals surface area (Å²) in [4.78, 5) is 8.17. The number of aromatic nitrogens is 1. The van der Waals surface area contributed by atoms with Gasteiger partial charge in [-0.2, -0.15) is 13.2 Å². The number of fused-ring (bicyclic) bond motifs is 1. The van der Waals surface area contributed by atoms with Crippen LogP contribution in [0, 0.1) is 6.92 Å². The van der Waals surface area contributed by atoms with Crippen molar-refractivity contribution < 1.29 is 13.2 Å². The third-order valence-electron chi connectivity index (χ3n) is 4.94. The Balaban J connectivity index is 1.48. The van der Waals surface area contributed by atoms with E-state index in [4.69, 9.17) is 0 Å². The van der Waals surface area contributed by atoms with Gasteiger partial charge in [-0.1, -0.05) is 30.3 Å². The van der Waals surface area contributed by atoms with Gasteiger partial charge < -0.3 is 4.90 Å². The second-order valence-electron chi connectivity index (χ2n) is 6.72. The summed E-state index contributed by atoms with van der Waals surface area (Å²) in [5, 5.41) is 0.776. The average molecular weight is 388 g/mol. The van der Waals surface area contributed by atoms with Crippen LogP contribution in [0.1, 0.15) is 21.7 Å². The molecule has 27 heavy (non-hydrogen) atoms. The van der Waals surface area contributed by atoms with E-state index in [-0.39, 0.29) is 0 Å². The van der Waals surface area contributed by atoms with Crippen LogP contribution >= 0.6 is 11.3 Å². The molecule has 2 aromatic carbocycles. The molecule has 140 valence electrons. The Bertz CT molecular complexity index is 945. The van der Waals surface area contributed by atoms with Gasteiger partial charge in [-0.05, 0) is 37.1 Å². The summed E-state index contributed by atoms with van der Waals surface area (Å²) in [6, 6.07) is 13.7. The molecule has 6 heteroatoms. The molecule has 2 nitrogen and oxygen atoms in total. The van der Waals surface area contributed by atoms with E-state index in [0.29, 0.717) is 0 Å². The fourth-order valence-electron chi connectivity index (χ4n) is 3.46. The molecule has 0 fully saturated rings. The molecule has 0 bridgehead atoms. The van der Waals surface area contributed by atoms with Gasteiger partial charge >= 0.3 is 6.18 Å². The molecule has 0 saturated heterocycles. The zero-order valence-corrected chi connectivity index (χ0v) is 15.7. The van der Waals surface area contributed by atoms with Gasteiger partial charge in [0.2, 0.25) is 0 Å². The third kappa shape index (κ3) is 3.72. The summed E-state index contributed by atoms with van der Waals surface area (Å²) in [5.41, 5.74) is 3.76. The Hall–Kier alpha value is -2.34. The van der Waals surface area contributed by atoms with Crippen molar-refractivity contribution >= 4 is 17.0 Å². The number of alkyl halides is 3. The van der Waals surface area contributed by atoms with Gasteiger partial charge in [-0.25, -0.2) is 4.98 Å². The van der Waals surface area contributed by atoms with E-state index in [2.05, 4.69) is 34.1 Å². The minimum atomic E-state index is -4.31. The van der Waals surface area contributed by atoms with Crippen molar-refractivity contribution in [2.75, 3.05) is 18.0 Å². The molecule has 0 radical (unpaired) electrons. The van der Waals surface area contributed by atoms with E-state index < -0.39 is 11.7 Å². The minimum absolute atomic E-state index is 0.632. The van der Waals surface area contributed by atoms with Crippen LogP contribution in [0.4, 0.5) is 18.9 Å². The monoisotopic (exact) mass is 388 g/mol. The van der Waals surface area contributed by atoms with E-state index in [1.165, 1.54) is 28.3 Å². The lowest BCUT2D eigenvalue weighted by atomic mass is 10.1. The number of anilines is 1. The molecule has 0 spiro atoms. The van der Waals surface area contributed by atoms with Crippen molar-refractivity contribution in [3.63, 3.8) is 0 Å². The molecule has 0 amide bonds. The summed E-state index contributed by atoms with van der Waals surface area (Å²) < 4.78 is 38.2. The Morgan fingerprint density at radius 2 is 1.81 bits per heavy atom. The number of aryl methyl sites for hydroxylation is 1. The highest BCUT2D eigenvalue weighted by molar-refractivity contribution is 7.15. The highest BCUT2D eigenvalue weighted by Gasteiger charge is 2.30. The molecule has 0 atom stereocenters. The molecule has 3 aromatic rings. The maximum absolute atomic E-state index is 12.7. The Morgan fingerprint density at radius 1 is 1.07 bits per heavy atom. The van der Waals surface area contributed by atoms with Crippen molar-refractivity contribution in [3.05, 3.63) is 70.2 Å². The molecule has 0 N–H and O–H groups in total. The Kier molecular flexibility index (Phi) is 4.68. The first kappa shape index (κ1) is 18.0. The molecule has 0 aliphatic carbocycles. The second kappa shape index (κ2) is 7.00. The lowest BCUT2D eigenvalue weighted by Crippen LogP contribution is -2.23. The number of nitrogens with zero attached hydrogens (tertiary/aromatic N) is 2. The zero-order chi connectivity index (χ0) is 19.0. The highest BCUT2D eigenvalue weighted by Crippen LogP contribution is 2.34. The normalized spacial score (nSPS) is 13.9. The SMILES string of the molecule is Cc1nc(-c2ccc(C(F)(F)F)cc2)sc1CCN1CCc2ccccc21. The van der Waals surface area contributed by atoms with E-state index in [9.17, 15) is 13.2 Å². The summed E-state index contributed by atoms with van der Waals surface area (Å²) in [6.07, 6.45) is -2.35. The summed E-state index contributed by atoms with van der Waals surface area (Å²) in [7, 11) is 0. The first-order valence-electron chi connectivity index (χ1n) is 8.88. The fourth-order valence-corrected chi connectivity index (χ4v) is 4.52. The maximum atomic E-state index is 12.7. The van der Waals surface area contributed by atoms with Crippen molar-refractivity contribution in [2.45, 2.75) is 25.9 Å². The van der Waals surface area contributed by atoms with E-state index in [1.807, 2.05) is 6.92 Å². The molecular weight excluding hydrogens is 369 g/mol. The lowest BCUT2D eigenvalue weighted by molar-refractivity contribution is -0.137. The van der Waals surface area contributed by atoms with Gasteiger partial charge in [0.1, 0.15) is 5.01 Å². The molecule has 1 aromatic heterocycles. The zero-order valence-electron chi connectivity index (χ0n) is 14.9. The number of hydrogen-bond donors (Lipinski definition) is 0. The molecule has 4 rings (SSSR count). The van der Waals surface area contributed by atoms with Crippen molar-refractivity contribution in [1.82, 2.24) is 4.98 Å². The molecular formula is C21H19F3N2S. The number of benzene rings is 2. The number of halogens is 3. The van der Waals surface area contributed by atoms with E-state index >= 15 is 0 Å². The molecule has 0 saturated carbocycles. The predicted molar refractivity (Wildman–Crippen MR) is 103 cm³/mol. The van der Waals surface area contributed by atoms with Crippen LogP contribution in [-0.2, 0) is 19.0 Å². The van der Waals surface area contributed by atoms with Gasteiger partial charge in [0.15, 0.2) is 0 Å². The average Bonchev–Trinajstić information content (AvgIpc) is 3.23. The van der Waals surface area contributed by atoms with Gasteiger partial charge in [-0.15, -0.1) is 11.3 Å². The third-order valence-corrected chi connectivity index (χ3v) is 6.21. The summed E-state index contributed by atoms with van der Waals surface area (Å²) in [6.45, 7) is 3.92. The number of hydrogen-bond acceptors (Lipinski definition) is 3. The summed E-state index contributed by atoms with van der Waals surface area (Å²) >= 11 is 1.57. The second-order valence-corrected chi connectivity index (χ2v) is 7.80. The van der Waals surface area contributed by atoms with E-state index in [1.54, 1.807) is 11.3 Å². The quantitative estimate of drug-likeness (QED) is 0.566. The van der Waals surface area contributed by atoms with Gasteiger partial charge in [0.25, 0.3) is 0 Å². The maximum Gasteiger partial charge on any atom is 0.416 e. The Morgan fingerprint density at radius 3 is 2.56 bits per heavy atom. The number of para-hydroxylation sites is 1. The van der Waals surface area contributed by atoms with E-state index in [0.717, 1.165) is 54.3 Å². The van der Waals surface area contributed by atoms with Gasteiger partial charge in [-0.3, -0.25) is 0 Å². The highest BCUT2D eigenvalue weighted by atomic mass is 32.1. The fraction of sp³-hybridized carbons (Fsp3) is 0.286.